The number of nitrogens with zero attached hydrogens (tertiary/aromatic N) is 3. The maximum Gasteiger partial charge on any atom is 0.261 e. The molecule has 0 saturated heterocycles. The number of benzene rings is 2. The third-order valence-electron chi connectivity index (χ3n) is 4.70. The summed E-state index contributed by atoms with van der Waals surface area (Å²) in [6.45, 7) is 2.26. The van der Waals surface area contributed by atoms with E-state index in [9.17, 15) is 4.79 Å². The van der Waals surface area contributed by atoms with Crippen LogP contribution >= 0.6 is 22.9 Å². The number of carbonyl (C=O) groups excluding carboxylic acids is 1. The number of fused-ring (bicyclic) bond motifs is 2. The van der Waals surface area contributed by atoms with Crippen LogP contribution in [0.5, 0.6) is 0 Å². The number of hydrogen-bond acceptors (Lipinski definition) is 4. The number of aryl methyl sites for hydroxylation is 1. The van der Waals surface area contributed by atoms with Crippen LogP contribution in [0.15, 0.2) is 54.6 Å². The fraction of sp³-hybridized carbons (Fsp3) is 0.0952. The molecule has 1 amide bonds. The van der Waals surface area contributed by atoms with E-state index in [-0.39, 0.29) is 5.91 Å². The lowest BCUT2D eigenvalue weighted by Gasteiger charge is -2.04. The zero-order valence-electron chi connectivity index (χ0n) is 15.4. The van der Waals surface area contributed by atoms with E-state index < -0.39 is 0 Å². The highest BCUT2D eigenvalue weighted by molar-refractivity contribution is 7.20. The van der Waals surface area contributed by atoms with E-state index in [4.69, 9.17) is 11.6 Å². The number of carbonyl (C=O) groups is 1. The van der Waals surface area contributed by atoms with Gasteiger partial charge in [0.15, 0.2) is 0 Å². The van der Waals surface area contributed by atoms with Gasteiger partial charge in [-0.25, -0.2) is 9.67 Å². The van der Waals surface area contributed by atoms with E-state index in [0.717, 1.165) is 38.5 Å². The molecule has 0 bridgehead atoms. The smallest absolute Gasteiger partial charge is 0.261 e. The van der Waals surface area contributed by atoms with Crippen molar-refractivity contribution in [3.63, 3.8) is 0 Å². The Hall–Kier alpha value is -3.16. The number of hydrogen-bond donors (Lipinski definition) is 2. The van der Waals surface area contributed by atoms with Crippen molar-refractivity contribution in [3.8, 4) is 5.69 Å². The molecule has 0 aliphatic heterocycles. The molecule has 0 aliphatic rings. The van der Waals surface area contributed by atoms with Crippen LogP contribution < -0.4 is 5.32 Å². The van der Waals surface area contributed by atoms with Gasteiger partial charge in [0.1, 0.15) is 10.7 Å². The Kier molecular flexibility index (Phi) is 4.34. The lowest BCUT2D eigenvalue weighted by Crippen LogP contribution is -2.22. The molecule has 2 N–H and O–H groups in total. The highest BCUT2D eigenvalue weighted by Gasteiger charge is 2.18. The summed E-state index contributed by atoms with van der Waals surface area (Å²) in [5, 5.41) is 9.09. The third kappa shape index (κ3) is 3.18. The van der Waals surface area contributed by atoms with Crippen LogP contribution in [0.25, 0.3) is 26.9 Å². The van der Waals surface area contributed by atoms with E-state index in [2.05, 4.69) is 20.4 Å². The number of amides is 1. The van der Waals surface area contributed by atoms with Gasteiger partial charge in [0, 0.05) is 5.39 Å². The first-order chi connectivity index (χ1) is 14.1. The van der Waals surface area contributed by atoms with Crippen LogP contribution in [0, 0.1) is 6.92 Å². The number of para-hydroxylation sites is 3. The minimum Gasteiger partial charge on any atom is -0.344 e. The van der Waals surface area contributed by atoms with Gasteiger partial charge in [-0.15, -0.1) is 11.3 Å². The Morgan fingerprint density at radius 3 is 2.83 bits per heavy atom. The van der Waals surface area contributed by atoms with E-state index >= 15 is 0 Å². The van der Waals surface area contributed by atoms with Crippen molar-refractivity contribution in [1.82, 2.24) is 25.1 Å². The summed E-state index contributed by atoms with van der Waals surface area (Å²) >= 11 is 7.74. The molecule has 5 rings (SSSR count). The number of halogens is 1. The largest absolute Gasteiger partial charge is 0.344 e. The van der Waals surface area contributed by atoms with E-state index in [1.54, 1.807) is 4.68 Å². The highest BCUT2D eigenvalue weighted by atomic mass is 35.5. The molecule has 3 aromatic heterocycles. The number of thiophene rings is 1. The summed E-state index contributed by atoms with van der Waals surface area (Å²) < 4.78 is 1.80. The van der Waals surface area contributed by atoms with Gasteiger partial charge in [-0.3, -0.25) is 4.79 Å². The molecular formula is C21H16ClN5OS. The fourth-order valence-corrected chi connectivity index (χ4v) is 4.59. The lowest BCUT2D eigenvalue weighted by atomic mass is 10.3. The quantitative estimate of drug-likeness (QED) is 0.435. The number of rotatable bonds is 4. The van der Waals surface area contributed by atoms with Gasteiger partial charge < -0.3 is 10.3 Å². The molecule has 0 saturated carbocycles. The lowest BCUT2D eigenvalue weighted by molar-refractivity contribution is 0.0954. The molecule has 0 atom stereocenters. The molecule has 5 aromatic rings. The monoisotopic (exact) mass is 421 g/mol. The van der Waals surface area contributed by atoms with E-state index in [1.807, 2.05) is 61.5 Å². The Morgan fingerprint density at radius 2 is 2.00 bits per heavy atom. The Balaban J connectivity index is 1.42. The second kappa shape index (κ2) is 7.02. The van der Waals surface area contributed by atoms with Crippen LogP contribution in [0.3, 0.4) is 0 Å². The Bertz CT molecular complexity index is 1330. The minimum absolute atomic E-state index is 0.142. The maximum atomic E-state index is 12.7. The Morgan fingerprint density at radius 1 is 1.21 bits per heavy atom. The topological polar surface area (TPSA) is 75.6 Å². The predicted octanol–water partition coefficient (Wildman–Crippen LogP) is 4.86. The SMILES string of the molecule is Cc1nn(-c2ccccc2Cl)c2sc(C(=O)NCc3nc4ccccc4[nH]3)cc12. The first-order valence-electron chi connectivity index (χ1n) is 9.06. The van der Waals surface area contributed by atoms with Crippen LogP contribution in [0.2, 0.25) is 5.02 Å². The second-order valence-corrected chi connectivity index (χ2v) is 8.10. The van der Waals surface area contributed by atoms with Crippen molar-refractivity contribution in [2.75, 3.05) is 0 Å². The van der Waals surface area contributed by atoms with Crippen molar-refractivity contribution in [1.29, 1.82) is 0 Å². The number of aromatic nitrogens is 4. The van der Waals surface area contributed by atoms with Crippen LogP contribution in [-0.4, -0.2) is 25.7 Å². The summed E-state index contributed by atoms with van der Waals surface area (Å²) in [6, 6.07) is 17.2. The van der Waals surface area contributed by atoms with Crippen LogP contribution in [0.1, 0.15) is 21.2 Å². The van der Waals surface area contributed by atoms with Gasteiger partial charge in [-0.2, -0.15) is 5.10 Å². The molecule has 6 nitrogen and oxygen atoms in total. The van der Waals surface area contributed by atoms with Crippen molar-refractivity contribution >= 4 is 50.1 Å². The van der Waals surface area contributed by atoms with Gasteiger partial charge in [0.2, 0.25) is 0 Å². The number of nitrogens with one attached hydrogen (secondary N) is 2. The first kappa shape index (κ1) is 17.9. The normalized spacial score (nSPS) is 11.4. The molecular weight excluding hydrogens is 406 g/mol. The number of aromatic amines is 1. The third-order valence-corrected chi connectivity index (χ3v) is 6.13. The minimum atomic E-state index is -0.142. The molecule has 29 heavy (non-hydrogen) atoms. The first-order valence-corrected chi connectivity index (χ1v) is 10.3. The van der Waals surface area contributed by atoms with E-state index in [1.165, 1.54) is 11.3 Å². The van der Waals surface area contributed by atoms with Crippen LogP contribution in [0.4, 0.5) is 0 Å². The predicted molar refractivity (Wildman–Crippen MR) is 116 cm³/mol. The second-order valence-electron chi connectivity index (χ2n) is 6.66. The Labute approximate surface area is 175 Å². The van der Waals surface area contributed by atoms with Gasteiger partial charge in [-0.05, 0) is 37.3 Å². The zero-order chi connectivity index (χ0) is 20.0. The summed E-state index contributed by atoms with van der Waals surface area (Å²) in [5.41, 5.74) is 3.49. The molecule has 2 aromatic carbocycles. The molecule has 0 spiro atoms. The molecule has 0 fully saturated rings. The number of H-pyrrole nitrogens is 1. The average molecular weight is 422 g/mol. The van der Waals surface area contributed by atoms with E-state index in [0.29, 0.717) is 16.4 Å². The summed E-state index contributed by atoms with van der Waals surface area (Å²) in [7, 11) is 0. The van der Waals surface area contributed by atoms with Gasteiger partial charge in [0.25, 0.3) is 5.91 Å². The molecule has 0 unspecified atom stereocenters. The molecule has 144 valence electrons. The summed E-state index contributed by atoms with van der Waals surface area (Å²) in [4.78, 5) is 22.0. The van der Waals surface area contributed by atoms with Gasteiger partial charge in [-0.1, -0.05) is 35.9 Å². The van der Waals surface area contributed by atoms with Gasteiger partial charge in [0.05, 0.1) is 38.9 Å². The average Bonchev–Trinajstić information content (AvgIpc) is 3.41. The highest BCUT2D eigenvalue weighted by Crippen LogP contribution is 2.32. The molecule has 0 radical (unpaired) electrons. The van der Waals surface area contributed by atoms with Crippen molar-refractivity contribution < 1.29 is 4.79 Å². The maximum absolute atomic E-state index is 12.7. The van der Waals surface area contributed by atoms with Crippen molar-refractivity contribution in [3.05, 3.63) is 76.0 Å². The molecule has 3 heterocycles. The number of imidazole rings is 1. The summed E-state index contributed by atoms with van der Waals surface area (Å²) in [6.07, 6.45) is 0. The fourth-order valence-electron chi connectivity index (χ4n) is 3.29. The van der Waals surface area contributed by atoms with Crippen molar-refractivity contribution in [2.45, 2.75) is 13.5 Å². The van der Waals surface area contributed by atoms with Crippen molar-refractivity contribution in [2.24, 2.45) is 0 Å². The molecule has 8 heteroatoms. The molecule has 0 aliphatic carbocycles. The summed E-state index contributed by atoms with van der Waals surface area (Å²) in [5.74, 6) is 0.579. The van der Waals surface area contributed by atoms with Crippen LogP contribution in [-0.2, 0) is 6.54 Å². The van der Waals surface area contributed by atoms with Gasteiger partial charge >= 0.3 is 0 Å². The zero-order valence-corrected chi connectivity index (χ0v) is 17.0. The standard InChI is InChI=1S/C21H16ClN5OS/c1-12-13-10-18(29-21(13)27(26-12)17-9-5-2-6-14(17)22)20(28)23-11-19-24-15-7-3-4-8-16(15)25-19/h2-10H,11H2,1H3,(H,23,28)(H,24,25).